The second kappa shape index (κ2) is 9.07. The van der Waals surface area contributed by atoms with Gasteiger partial charge < -0.3 is 24.8 Å². The average molecular weight is 423 g/mol. The van der Waals surface area contributed by atoms with Crippen LogP contribution < -0.4 is 14.8 Å². The van der Waals surface area contributed by atoms with Crippen LogP contribution in [0, 0.1) is 0 Å². The van der Waals surface area contributed by atoms with Crippen LogP contribution in [0.1, 0.15) is 36.0 Å². The minimum absolute atomic E-state index is 0.0363. The van der Waals surface area contributed by atoms with Crippen LogP contribution in [0.25, 0.3) is 0 Å². The van der Waals surface area contributed by atoms with E-state index in [4.69, 9.17) is 9.47 Å². The van der Waals surface area contributed by atoms with Crippen LogP contribution in [-0.4, -0.2) is 54.3 Å². The number of hydrogen-bond donors (Lipinski definition) is 2. The van der Waals surface area contributed by atoms with Crippen molar-refractivity contribution in [3.63, 3.8) is 0 Å². The zero-order valence-electron chi connectivity index (χ0n) is 17.3. The van der Waals surface area contributed by atoms with Gasteiger partial charge in [-0.2, -0.15) is 0 Å². The van der Waals surface area contributed by atoms with Gasteiger partial charge in [-0.3, -0.25) is 14.6 Å². The Morgan fingerprint density at radius 3 is 2.84 bits per heavy atom. The van der Waals surface area contributed by atoms with Crippen molar-refractivity contribution >= 4 is 29.4 Å². The van der Waals surface area contributed by atoms with Crippen LogP contribution in [0.5, 0.6) is 17.2 Å². The maximum Gasteiger partial charge on any atom is 0.256 e. The predicted molar refractivity (Wildman–Crippen MR) is 117 cm³/mol. The highest BCUT2D eigenvalue weighted by Gasteiger charge is 2.32. The summed E-state index contributed by atoms with van der Waals surface area (Å²) in [5.74, 6) is 0.929. The van der Waals surface area contributed by atoms with Gasteiger partial charge in [-0.05, 0) is 49.6 Å². The Balaban J connectivity index is 1.36. The molecular weight excluding hydrogens is 398 g/mol. The number of benzene rings is 2. The molecule has 2 aromatic rings. The Morgan fingerprint density at radius 2 is 2.06 bits per heavy atom. The van der Waals surface area contributed by atoms with Gasteiger partial charge in [0.15, 0.2) is 11.5 Å². The lowest BCUT2D eigenvalue weighted by Crippen LogP contribution is -2.35. The molecule has 2 aliphatic heterocycles. The summed E-state index contributed by atoms with van der Waals surface area (Å²) in [6, 6.07) is 9.75. The molecule has 0 unspecified atom stereocenters. The Bertz CT molecular complexity index is 1000. The van der Waals surface area contributed by atoms with Crippen LogP contribution in [0.3, 0.4) is 0 Å². The van der Waals surface area contributed by atoms with Crippen molar-refractivity contribution in [1.82, 2.24) is 4.90 Å². The number of amides is 2. The van der Waals surface area contributed by atoms with Crippen LogP contribution in [0.4, 0.5) is 11.4 Å². The number of hydrogen-bond acceptors (Lipinski definition) is 6. The molecule has 8 heteroatoms. The fourth-order valence-corrected chi connectivity index (χ4v) is 3.80. The number of phenols is 1. The normalized spacial score (nSPS) is 17.0. The predicted octanol–water partition coefficient (Wildman–Crippen LogP) is 3.52. The summed E-state index contributed by atoms with van der Waals surface area (Å²) < 4.78 is 11.3. The lowest BCUT2D eigenvalue weighted by atomic mass is 10.1. The highest BCUT2D eigenvalue weighted by Crippen LogP contribution is 2.38. The topological polar surface area (TPSA) is 100 Å². The molecule has 2 N–H and O–H groups in total. The van der Waals surface area contributed by atoms with E-state index in [-0.39, 0.29) is 30.0 Å². The SMILES string of the molecule is COc1cc2c(cc1OCCCC(=O)Nc1ccc(O)cc1)N=C[C@@H]1CCCN1C2=O. The third-order valence-electron chi connectivity index (χ3n) is 5.41. The molecule has 0 aliphatic carbocycles. The van der Waals surface area contributed by atoms with E-state index in [9.17, 15) is 14.7 Å². The molecule has 0 spiro atoms. The number of nitrogens with zero attached hydrogens (tertiary/aromatic N) is 2. The third kappa shape index (κ3) is 4.63. The van der Waals surface area contributed by atoms with E-state index in [0.29, 0.717) is 41.5 Å². The van der Waals surface area contributed by atoms with Gasteiger partial charge in [0.2, 0.25) is 5.91 Å². The molecule has 1 atom stereocenters. The molecule has 4 rings (SSSR count). The van der Waals surface area contributed by atoms with Crippen molar-refractivity contribution in [2.45, 2.75) is 31.7 Å². The highest BCUT2D eigenvalue weighted by molar-refractivity contribution is 6.03. The first-order chi connectivity index (χ1) is 15.0. The van der Waals surface area contributed by atoms with E-state index in [0.717, 1.165) is 19.4 Å². The monoisotopic (exact) mass is 423 g/mol. The van der Waals surface area contributed by atoms with E-state index in [1.165, 1.54) is 19.2 Å². The van der Waals surface area contributed by atoms with E-state index in [2.05, 4.69) is 10.3 Å². The number of fused-ring (bicyclic) bond motifs is 2. The van der Waals surface area contributed by atoms with Gasteiger partial charge in [0.05, 0.1) is 31.0 Å². The lowest BCUT2D eigenvalue weighted by molar-refractivity contribution is -0.116. The van der Waals surface area contributed by atoms with Crippen LogP contribution in [0.15, 0.2) is 41.4 Å². The maximum absolute atomic E-state index is 12.9. The summed E-state index contributed by atoms with van der Waals surface area (Å²) >= 11 is 0. The number of phenolic OH excluding ortho intramolecular Hbond substituents is 1. The van der Waals surface area contributed by atoms with Gasteiger partial charge in [-0.25, -0.2) is 0 Å². The summed E-state index contributed by atoms with van der Waals surface area (Å²) in [6.45, 7) is 1.05. The minimum Gasteiger partial charge on any atom is -0.508 e. The largest absolute Gasteiger partial charge is 0.508 e. The number of methoxy groups -OCH3 is 1. The molecule has 1 fully saturated rings. The van der Waals surface area contributed by atoms with Crippen molar-refractivity contribution in [2.75, 3.05) is 25.6 Å². The zero-order chi connectivity index (χ0) is 21.8. The summed E-state index contributed by atoms with van der Waals surface area (Å²) in [6.07, 6.45) is 4.52. The summed E-state index contributed by atoms with van der Waals surface area (Å²) in [5.41, 5.74) is 1.71. The molecule has 8 nitrogen and oxygen atoms in total. The molecule has 2 heterocycles. The van der Waals surface area contributed by atoms with E-state index < -0.39 is 0 Å². The number of nitrogens with one attached hydrogen (secondary N) is 1. The summed E-state index contributed by atoms with van der Waals surface area (Å²) in [4.78, 5) is 31.3. The van der Waals surface area contributed by atoms with Gasteiger partial charge in [0.1, 0.15) is 5.75 Å². The zero-order valence-corrected chi connectivity index (χ0v) is 17.3. The molecule has 31 heavy (non-hydrogen) atoms. The summed E-state index contributed by atoms with van der Waals surface area (Å²) in [5, 5.41) is 12.1. The average Bonchev–Trinajstić information content (AvgIpc) is 3.20. The first-order valence-electron chi connectivity index (χ1n) is 10.3. The molecular formula is C23H25N3O5. The third-order valence-corrected chi connectivity index (χ3v) is 5.41. The minimum atomic E-state index is -0.140. The number of anilines is 1. The molecule has 1 saturated heterocycles. The second-order valence-corrected chi connectivity index (χ2v) is 7.55. The van der Waals surface area contributed by atoms with Crippen LogP contribution >= 0.6 is 0 Å². The lowest BCUT2D eigenvalue weighted by Gasteiger charge is -2.20. The van der Waals surface area contributed by atoms with Crippen LogP contribution in [0.2, 0.25) is 0 Å². The number of ether oxygens (including phenoxy) is 2. The Hall–Kier alpha value is -3.55. The number of aromatic hydroxyl groups is 1. The molecule has 2 aliphatic rings. The molecule has 2 amide bonds. The first-order valence-corrected chi connectivity index (χ1v) is 10.3. The van der Waals surface area contributed by atoms with E-state index in [1.807, 2.05) is 11.1 Å². The Morgan fingerprint density at radius 1 is 1.26 bits per heavy atom. The molecule has 2 aromatic carbocycles. The van der Waals surface area contributed by atoms with Crippen molar-refractivity contribution in [3.05, 3.63) is 42.0 Å². The highest BCUT2D eigenvalue weighted by atomic mass is 16.5. The fourth-order valence-electron chi connectivity index (χ4n) is 3.80. The van der Waals surface area contributed by atoms with Crippen molar-refractivity contribution in [2.24, 2.45) is 4.99 Å². The fraction of sp³-hybridized carbons (Fsp3) is 0.348. The first kappa shape index (κ1) is 20.7. The molecule has 0 bridgehead atoms. The van der Waals surface area contributed by atoms with Crippen LogP contribution in [-0.2, 0) is 4.79 Å². The second-order valence-electron chi connectivity index (χ2n) is 7.55. The number of carbonyl (C=O) groups is 2. The molecule has 0 radical (unpaired) electrons. The quantitative estimate of drug-likeness (QED) is 0.524. The van der Waals surface area contributed by atoms with Crippen molar-refractivity contribution in [3.8, 4) is 17.2 Å². The molecule has 0 saturated carbocycles. The van der Waals surface area contributed by atoms with Gasteiger partial charge in [-0.15, -0.1) is 0 Å². The summed E-state index contributed by atoms with van der Waals surface area (Å²) in [7, 11) is 1.53. The smallest absolute Gasteiger partial charge is 0.256 e. The van der Waals surface area contributed by atoms with Gasteiger partial charge in [-0.1, -0.05) is 0 Å². The van der Waals surface area contributed by atoms with Crippen molar-refractivity contribution < 1.29 is 24.2 Å². The maximum atomic E-state index is 12.9. The Labute approximate surface area is 180 Å². The van der Waals surface area contributed by atoms with E-state index in [1.54, 1.807) is 24.3 Å². The number of rotatable bonds is 7. The van der Waals surface area contributed by atoms with Gasteiger partial charge in [0, 0.05) is 30.9 Å². The molecule has 162 valence electrons. The van der Waals surface area contributed by atoms with Gasteiger partial charge in [0.25, 0.3) is 5.91 Å². The van der Waals surface area contributed by atoms with Gasteiger partial charge >= 0.3 is 0 Å². The van der Waals surface area contributed by atoms with E-state index >= 15 is 0 Å². The number of aliphatic imine (C=N–C) groups is 1. The van der Waals surface area contributed by atoms with Crippen molar-refractivity contribution in [1.29, 1.82) is 0 Å². The standard InChI is InChI=1S/C23H25N3O5/c1-30-20-12-18-19(24-14-16-4-2-10-26(16)23(18)29)13-21(20)31-11-3-5-22(28)25-15-6-8-17(27)9-7-15/h6-9,12-14,16,27H,2-5,10-11H2,1H3,(H,25,28)/t16-/m0/s1. The number of carbonyl (C=O) groups excluding carboxylic acids is 2. The Kier molecular flexibility index (Phi) is 6.06. The molecule has 0 aromatic heterocycles.